The van der Waals surface area contributed by atoms with Gasteiger partial charge in [0.15, 0.2) is 0 Å². The third kappa shape index (κ3) is 2.36. The molecule has 0 atom stereocenters. The molecule has 2 aromatic rings. The molecule has 90 valence electrons. The molecule has 0 spiro atoms. The molecule has 0 fully saturated rings. The molecule has 0 saturated heterocycles. The largest absolute Gasteiger partial charge is 0.492 e. The van der Waals surface area contributed by atoms with Crippen molar-refractivity contribution in [2.75, 3.05) is 6.61 Å². The molecule has 0 bridgehead atoms. The molecule has 1 aromatic heterocycles. The minimum Gasteiger partial charge on any atom is -0.492 e. The molecule has 0 aliphatic rings. The monoisotopic (exact) mass is 294 g/mol. The minimum atomic E-state index is 0.655. The molecule has 0 N–H and O–H groups in total. The van der Waals surface area contributed by atoms with Crippen LogP contribution in [-0.2, 0) is 5.33 Å². The highest BCUT2D eigenvalue weighted by molar-refractivity contribution is 9.08. The van der Waals surface area contributed by atoms with E-state index in [1.807, 2.05) is 42.1 Å². The van der Waals surface area contributed by atoms with E-state index in [1.165, 1.54) is 5.56 Å². The smallest absolute Gasteiger partial charge is 0.144 e. The molecule has 0 aliphatic heterocycles. The van der Waals surface area contributed by atoms with Crippen LogP contribution in [0.3, 0.4) is 0 Å². The summed E-state index contributed by atoms with van der Waals surface area (Å²) in [7, 11) is 0. The first-order valence-corrected chi connectivity index (χ1v) is 6.71. The van der Waals surface area contributed by atoms with E-state index >= 15 is 0 Å². The number of para-hydroxylation sites is 2. The van der Waals surface area contributed by atoms with Gasteiger partial charge in [0.2, 0.25) is 0 Å². The average Bonchev–Trinajstić information content (AvgIpc) is 2.72. The first kappa shape index (κ1) is 12.2. The molecule has 0 amide bonds. The highest BCUT2D eigenvalue weighted by atomic mass is 79.9. The standard InChI is InChI=1S/C13H15BrN2O/c1-3-17-13-7-5-4-6-12(13)16-10(2)11(8-14)9-15-16/h4-7,9H,3,8H2,1-2H3. The van der Waals surface area contributed by atoms with Crippen molar-refractivity contribution >= 4 is 15.9 Å². The highest BCUT2D eigenvalue weighted by Gasteiger charge is 2.10. The van der Waals surface area contributed by atoms with Gasteiger partial charge in [-0.05, 0) is 26.0 Å². The van der Waals surface area contributed by atoms with Crippen molar-refractivity contribution < 1.29 is 4.74 Å². The number of halogens is 1. The van der Waals surface area contributed by atoms with E-state index in [9.17, 15) is 0 Å². The summed E-state index contributed by atoms with van der Waals surface area (Å²) in [6.45, 7) is 4.70. The molecule has 1 heterocycles. The molecular weight excluding hydrogens is 280 g/mol. The lowest BCUT2D eigenvalue weighted by atomic mass is 10.2. The molecule has 1 aromatic carbocycles. The van der Waals surface area contributed by atoms with Crippen LogP contribution in [0.15, 0.2) is 30.5 Å². The Morgan fingerprint density at radius 2 is 2.12 bits per heavy atom. The predicted octanol–water partition coefficient (Wildman–Crippen LogP) is 3.47. The fourth-order valence-electron chi connectivity index (χ4n) is 1.73. The zero-order valence-electron chi connectivity index (χ0n) is 9.98. The SMILES string of the molecule is CCOc1ccccc1-n1ncc(CBr)c1C. The summed E-state index contributed by atoms with van der Waals surface area (Å²) in [5.41, 5.74) is 3.31. The number of rotatable bonds is 4. The molecule has 0 radical (unpaired) electrons. The summed E-state index contributed by atoms with van der Waals surface area (Å²) in [5, 5.41) is 5.22. The number of nitrogens with zero attached hydrogens (tertiary/aromatic N) is 2. The van der Waals surface area contributed by atoms with Gasteiger partial charge in [0.05, 0.1) is 12.8 Å². The number of benzene rings is 1. The Hall–Kier alpha value is -1.29. The lowest BCUT2D eigenvalue weighted by molar-refractivity contribution is 0.338. The lowest BCUT2D eigenvalue weighted by Crippen LogP contribution is -2.03. The average molecular weight is 295 g/mol. The Morgan fingerprint density at radius 3 is 2.76 bits per heavy atom. The molecule has 17 heavy (non-hydrogen) atoms. The van der Waals surface area contributed by atoms with Crippen molar-refractivity contribution in [1.29, 1.82) is 0 Å². The molecule has 0 unspecified atom stereocenters. The van der Waals surface area contributed by atoms with Gasteiger partial charge in [-0.3, -0.25) is 0 Å². The van der Waals surface area contributed by atoms with E-state index in [0.29, 0.717) is 6.61 Å². The van der Waals surface area contributed by atoms with E-state index in [4.69, 9.17) is 4.74 Å². The van der Waals surface area contributed by atoms with Gasteiger partial charge in [0, 0.05) is 16.6 Å². The van der Waals surface area contributed by atoms with Crippen molar-refractivity contribution in [3.8, 4) is 11.4 Å². The zero-order chi connectivity index (χ0) is 12.3. The van der Waals surface area contributed by atoms with Crippen LogP contribution in [0.2, 0.25) is 0 Å². The summed E-state index contributed by atoms with van der Waals surface area (Å²) < 4.78 is 7.53. The second kappa shape index (κ2) is 5.36. The maximum atomic E-state index is 5.62. The number of hydrogen-bond acceptors (Lipinski definition) is 2. The summed E-state index contributed by atoms with van der Waals surface area (Å²) in [5.74, 6) is 0.863. The zero-order valence-corrected chi connectivity index (χ0v) is 11.6. The van der Waals surface area contributed by atoms with Gasteiger partial charge in [-0.25, -0.2) is 4.68 Å². The van der Waals surface area contributed by atoms with Crippen molar-refractivity contribution in [3.63, 3.8) is 0 Å². The van der Waals surface area contributed by atoms with Crippen LogP contribution in [-0.4, -0.2) is 16.4 Å². The fraction of sp³-hybridized carbons (Fsp3) is 0.308. The Bertz CT molecular complexity index is 508. The Labute approximate surface area is 110 Å². The van der Waals surface area contributed by atoms with Crippen LogP contribution >= 0.6 is 15.9 Å². The van der Waals surface area contributed by atoms with E-state index in [1.54, 1.807) is 0 Å². The quantitative estimate of drug-likeness (QED) is 0.808. The number of ether oxygens (including phenoxy) is 1. The van der Waals surface area contributed by atoms with Crippen LogP contribution in [0.4, 0.5) is 0 Å². The maximum absolute atomic E-state index is 5.62. The highest BCUT2D eigenvalue weighted by Crippen LogP contribution is 2.24. The maximum Gasteiger partial charge on any atom is 0.144 e. The van der Waals surface area contributed by atoms with Crippen LogP contribution in [0.1, 0.15) is 18.2 Å². The number of aromatic nitrogens is 2. The van der Waals surface area contributed by atoms with Crippen molar-refractivity contribution in [2.24, 2.45) is 0 Å². The second-order valence-electron chi connectivity index (χ2n) is 3.70. The van der Waals surface area contributed by atoms with Gasteiger partial charge >= 0.3 is 0 Å². The van der Waals surface area contributed by atoms with Gasteiger partial charge < -0.3 is 4.74 Å². The molecule has 2 rings (SSSR count). The predicted molar refractivity (Wildman–Crippen MR) is 72.1 cm³/mol. The van der Waals surface area contributed by atoms with Crippen LogP contribution in [0.5, 0.6) is 5.75 Å². The van der Waals surface area contributed by atoms with Gasteiger partial charge in [0.25, 0.3) is 0 Å². The summed E-state index contributed by atoms with van der Waals surface area (Å²) in [4.78, 5) is 0. The van der Waals surface area contributed by atoms with Gasteiger partial charge in [-0.2, -0.15) is 5.10 Å². The van der Waals surface area contributed by atoms with Crippen molar-refractivity contribution in [2.45, 2.75) is 19.2 Å². The number of alkyl halides is 1. The van der Waals surface area contributed by atoms with Crippen LogP contribution in [0, 0.1) is 6.92 Å². The molecule has 4 heteroatoms. The van der Waals surface area contributed by atoms with E-state index in [-0.39, 0.29) is 0 Å². The van der Waals surface area contributed by atoms with E-state index in [0.717, 1.165) is 22.5 Å². The third-order valence-electron chi connectivity index (χ3n) is 2.65. The van der Waals surface area contributed by atoms with E-state index < -0.39 is 0 Å². The molecule has 0 saturated carbocycles. The normalized spacial score (nSPS) is 10.5. The minimum absolute atomic E-state index is 0.655. The fourth-order valence-corrected chi connectivity index (χ4v) is 2.28. The first-order chi connectivity index (χ1) is 8.27. The molecule has 0 aliphatic carbocycles. The van der Waals surface area contributed by atoms with Crippen LogP contribution < -0.4 is 4.74 Å². The Balaban J connectivity index is 2.48. The van der Waals surface area contributed by atoms with Gasteiger partial charge in [0.1, 0.15) is 11.4 Å². The molecule has 3 nitrogen and oxygen atoms in total. The van der Waals surface area contributed by atoms with Crippen molar-refractivity contribution in [1.82, 2.24) is 9.78 Å². The summed E-state index contributed by atoms with van der Waals surface area (Å²) in [6.07, 6.45) is 1.88. The number of hydrogen-bond donors (Lipinski definition) is 0. The summed E-state index contributed by atoms with van der Waals surface area (Å²) >= 11 is 3.46. The van der Waals surface area contributed by atoms with Gasteiger partial charge in [-0.1, -0.05) is 28.1 Å². The third-order valence-corrected chi connectivity index (χ3v) is 3.25. The van der Waals surface area contributed by atoms with Crippen LogP contribution in [0.25, 0.3) is 5.69 Å². The molecular formula is C13H15BrN2O. The second-order valence-corrected chi connectivity index (χ2v) is 4.26. The van der Waals surface area contributed by atoms with E-state index in [2.05, 4.69) is 28.0 Å². The first-order valence-electron chi connectivity index (χ1n) is 5.59. The Kier molecular flexibility index (Phi) is 3.84. The Morgan fingerprint density at radius 1 is 1.35 bits per heavy atom. The van der Waals surface area contributed by atoms with Crippen molar-refractivity contribution in [3.05, 3.63) is 41.7 Å². The topological polar surface area (TPSA) is 27.1 Å². The van der Waals surface area contributed by atoms with Gasteiger partial charge in [-0.15, -0.1) is 0 Å². The lowest BCUT2D eigenvalue weighted by Gasteiger charge is -2.11. The summed E-state index contributed by atoms with van der Waals surface area (Å²) in [6, 6.07) is 7.95.